The maximum absolute atomic E-state index is 5.68. The maximum atomic E-state index is 5.68. The standard InChI is InChI=1S/C14H19N/c1-11(2)9-12(3)14(10-15)13-7-5-4-6-8-13/h4-11H,15H2,1-3H3/b12-9-,14-10+. The van der Waals surface area contributed by atoms with Gasteiger partial charge in [0.15, 0.2) is 0 Å². The lowest BCUT2D eigenvalue weighted by molar-refractivity contribution is 0.826. The van der Waals surface area contributed by atoms with Gasteiger partial charge in [-0.3, -0.25) is 0 Å². The van der Waals surface area contributed by atoms with Gasteiger partial charge in [0.2, 0.25) is 0 Å². The van der Waals surface area contributed by atoms with Crippen LogP contribution in [0.4, 0.5) is 0 Å². The average Bonchev–Trinajstić information content (AvgIpc) is 2.19. The summed E-state index contributed by atoms with van der Waals surface area (Å²) in [5.74, 6) is 0.545. The Morgan fingerprint density at radius 2 is 1.80 bits per heavy atom. The minimum Gasteiger partial charge on any atom is -0.404 e. The molecule has 1 rings (SSSR count). The number of rotatable bonds is 3. The first-order chi connectivity index (χ1) is 7.15. The first-order valence-electron chi connectivity index (χ1n) is 5.31. The highest BCUT2D eigenvalue weighted by atomic mass is 14.5. The Morgan fingerprint density at radius 1 is 1.20 bits per heavy atom. The molecule has 2 N–H and O–H groups in total. The minimum absolute atomic E-state index is 0.545. The van der Waals surface area contributed by atoms with Gasteiger partial charge < -0.3 is 5.73 Å². The van der Waals surface area contributed by atoms with Crippen molar-refractivity contribution in [3.05, 3.63) is 53.7 Å². The Morgan fingerprint density at radius 3 is 2.27 bits per heavy atom. The smallest absolute Gasteiger partial charge is 0.00201 e. The van der Waals surface area contributed by atoms with Crippen LogP contribution in [-0.2, 0) is 0 Å². The minimum atomic E-state index is 0.545. The van der Waals surface area contributed by atoms with Crippen LogP contribution in [0.1, 0.15) is 26.3 Å². The molecule has 0 aliphatic heterocycles. The fourth-order valence-electron chi connectivity index (χ4n) is 1.66. The molecular formula is C14H19N. The van der Waals surface area contributed by atoms with Crippen LogP contribution in [0.3, 0.4) is 0 Å². The van der Waals surface area contributed by atoms with Gasteiger partial charge in [0, 0.05) is 6.20 Å². The van der Waals surface area contributed by atoms with E-state index in [0.29, 0.717) is 5.92 Å². The van der Waals surface area contributed by atoms with Gasteiger partial charge in [-0.2, -0.15) is 0 Å². The second-order valence-corrected chi connectivity index (χ2v) is 4.04. The van der Waals surface area contributed by atoms with Crippen molar-refractivity contribution in [2.75, 3.05) is 0 Å². The molecule has 1 aromatic rings. The normalized spacial score (nSPS) is 13.3. The van der Waals surface area contributed by atoms with E-state index in [2.05, 4.69) is 39.0 Å². The van der Waals surface area contributed by atoms with Gasteiger partial charge in [0.25, 0.3) is 0 Å². The summed E-state index contributed by atoms with van der Waals surface area (Å²) in [4.78, 5) is 0. The number of nitrogens with two attached hydrogens (primary N) is 1. The molecule has 1 aromatic carbocycles. The molecule has 0 fully saturated rings. The summed E-state index contributed by atoms with van der Waals surface area (Å²) in [5, 5.41) is 0. The van der Waals surface area contributed by atoms with E-state index in [-0.39, 0.29) is 0 Å². The van der Waals surface area contributed by atoms with Crippen molar-refractivity contribution >= 4 is 5.57 Å². The SMILES string of the molecule is CC(=C/C(C)C)/C(=C\N)c1ccccc1. The number of hydrogen-bond acceptors (Lipinski definition) is 1. The molecule has 15 heavy (non-hydrogen) atoms. The molecule has 0 aliphatic rings. The molecule has 0 amide bonds. The molecule has 80 valence electrons. The van der Waals surface area contributed by atoms with Crippen LogP contribution in [0.5, 0.6) is 0 Å². The third-order valence-electron chi connectivity index (χ3n) is 2.26. The van der Waals surface area contributed by atoms with Crippen LogP contribution in [0.2, 0.25) is 0 Å². The van der Waals surface area contributed by atoms with Gasteiger partial charge in [0.1, 0.15) is 0 Å². The van der Waals surface area contributed by atoms with E-state index >= 15 is 0 Å². The second kappa shape index (κ2) is 5.40. The van der Waals surface area contributed by atoms with Crippen LogP contribution < -0.4 is 5.73 Å². The van der Waals surface area contributed by atoms with Crippen molar-refractivity contribution in [1.82, 2.24) is 0 Å². The van der Waals surface area contributed by atoms with Crippen LogP contribution in [-0.4, -0.2) is 0 Å². The lowest BCUT2D eigenvalue weighted by atomic mass is 9.97. The van der Waals surface area contributed by atoms with Crippen molar-refractivity contribution in [1.29, 1.82) is 0 Å². The van der Waals surface area contributed by atoms with E-state index in [1.807, 2.05) is 18.2 Å². The van der Waals surface area contributed by atoms with E-state index < -0.39 is 0 Å². The molecule has 1 nitrogen and oxygen atoms in total. The van der Waals surface area contributed by atoms with Crippen LogP contribution in [0.25, 0.3) is 5.57 Å². The predicted molar refractivity (Wildman–Crippen MR) is 67.2 cm³/mol. The van der Waals surface area contributed by atoms with Gasteiger partial charge in [-0.05, 0) is 29.6 Å². The van der Waals surface area contributed by atoms with E-state index in [1.54, 1.807) is 6.20 Å². The zero-order chi connectivity index (χ0) is 11.3. The van der Waals surface area contributed by atoms with Crippen molar-refractivity contribution in [2.24, 2.45) is 11.7 Å². The largest absolute Gasteiger partial charge is 0.404 e. The predicted octanol–water partition coefficient (Wildman–Crippen LogP) is 3.59. The molecule has 0 saturated carbocycles. The first kappa shape index (κ1) is 11.6. The lowest BCUT2D eigenvalue weighted by Gasteiger charge is -2.08. The fourth-order valence-corrected chi connectivity index (χ4v) is 1.66. The number of hydrogen-bond donors (Lipinski definition) is 1. The summed E-state index contributed by atoms with van der Waals surface area (Å²) in [6.45, 7) is 6.44. The van der Waals surface area contributed by atoms with Crippen molar-refractivity contribution < 1.29 is 0 Å². The third kappa shape index (κ3) is 3.28. The molecule has 0 radical (unpaired) electrons. The molecule has 1 heteroatoms. The van der Waals surface area contributed by atoms with E-state index in [1.165, 1.54) is 11.1 Å². The van der Waals surface area contributed by atoms with Gasteiger partial charge in [-0.25, -0.2) is 0 Å². The van der Waals surface area contributed by atoms with Gasteiger partial charge in [-0.1, -0.05) is 50.3 Å². The molecule has 0 saturated heterocycles. The number of benzene rings is 1. The second-order valence-electron chi connectivity index (χ2n) is 4.04. The molecule has 0 bridgehead atoms. The summed E-state index contributed by atoms with van der Waals surface area (Å²) in [6, 6.07) is 10.2. The van der Waals surface area contributed by atoms with Crippen LogP contribution >= 0.6 is 0 Å². The maximum Gasteiger partial charge on any atom is 0.00201 e. The lowest BCUT2D eigenvalue weighted by Crippen LogP contribution is -1.93. The highest BCUT2D eigenvalue weighted by Gasteiger charge is 2.02. The molecule has 0 spiro atoms. The summed E-state index contributed by atoms with van der Waals surface area (Å²) in [6.07, 6.45) is 3.91. The fraction of sp³-hybridized carbons (Fsp3) is 0.286. The average molecular weight is 201 g/mol. The molecule has 0 aromatic heterocycles. The summed E-state index contributed by atoms with van der Waals surface area (Å²) >= 11 is 0. The quantitative estimate of drug-likeness (QED) is 0.743. The van der Waals surface area contributed by atoms with E-state index in [4.69, 9.17) is 5.73 Å². The summed E-state index contributed by atoms with van der Waals surface area (Å²) < 4.78 is 0. The van der Waals surface area contributed by atoms with Crippen molar-refractivity contribution in [3.8, 4) is 0 Å². The van der Waals surface area contributed by atoms with Crippen molar-refractivity contribution in [3.63, 3.8) is 0 Å². The highest BCUT2D eigenvalue weighted by molar-refractivity contribution is 5.77. The van der Waals surface area contributed by atoms with Gasteiger partial charge >= 0.3 is 0 Å². The highest BCUT2D eigenvalue weighted by Crippen LogP contribution is 2.22. The van der Waals surface area contributed by atoms with Crippen LogP contribution in [0, 0.1) is 5.92 Å². The Kier molecular flexibility index (Phi) is 4.17. The van der Waals surface area contributed by atoms with Crippen molar-refractivity contribution in [2.45, 2.75) is 20.8 Å². The van der Waals surface area contributed by atoms with E-state index in [9.17, 15) is 0 Å². The molecular weight excluding hydrogens is 182 g/mol. The molecule has 0 atom stereocenters. The zero-order valence-electron chi connectivity index (χ0n) is 9.70. The first-order valence-corrected chi connectivity index (χ1v) is 5.31. The third-order valence-corrected chi connectivity index (χ3v) is 2.26. The summed E-state index contributed by atoms with van der Waals surface area (Å²) in [5.41, 5.74) is 9.20. The monoisotopic (exact) mass is 201 g/mol. The Bertz CT molecular complexity index is 358. The Balaban J connectivity index is 3.02. The Labute approximate surface area is 92.3 Å². The van der Waals surface area contributed by atoms with Crippen LogP contribution in [0.15, 0.2) is 48.2 Å². The summed E-state index contributed by atoms with van der Waals surface area (Å²) in [7, 11) is 0. The topological polar surface area (TPSA) is 26.0 Å². The van der Waals surface area contributed by atoms with Gasteiger partial charge in [0.05, 0.1) is 0 Å². The molecule has 0 unspecified atom stereocenters. The molecule has 0 heterocycles. The Hall–Kier alpha value is -1.50. The number of allylic oxidation sites excluding steroid dienone is 3. The van der Waals surface area contributed by atoms with Gasteiger partial charge in [-0.15, -0.1) is 0 Å². The zero-order valence-corrected chi connectivity index (χ0v) is 9.70. The molecule has 0 aliphatic carbocycles. The van der Waals surface area contributed by atoms with E-state index in [0.717, 1.165) is 5.57 Å².